The largest absolute Gasteiger partial charge is 0.346 e. The maximum Gasteiger partial charge on any atom is 0.315 e. The molecule has 3 rings (SSSR count). The number of likely N-dealkylation sites (N-methyl/N-ethyl adjacent to an activating group) is 1. The van der Waals surface area contributed by atoms with Crippen LogP contribution in [-0.2, 0) is 29.0 Å². The summed E-state index contributed by atoms with van der Waals surface area (Å²) in [5, 5.41) is 10.5. The van der Waals surface area contributed by atoms with Gasteiger partial charge in [0.15, 0.2) is 9.84 Å². The molecule has 50 heavy (non-hydrogen) atoms. The monoisotopic (exact) mass is 723 g/mol. The lowest BCUT2D eigenvalue weighted by Gasteiger charge is -2.44. The van der Waals surface area contributed by atoms with Crippen molar-refractivity contribution in [2.24, 2.45) is 11.3 Å². The van der Waals surface area contributed by atoms with E-state index in [1.807, 2.05) is 46.6 Å². The minimum atomic E-state index is -3.30. The molecule has 0 aromatic rings. The van der Waals surface area contributed by atoms with Gasteiger partial charge in [0.25, 0.3) is 5.91 Å². The molecule has 1 saturated heterocycles. The highest BCUT2D eigenvalue weighted by atomic mass is 32.2. The lowest BCUT2D eigenvalue weighted by molar-refractivity contribution is -0.140. The zero-order valence-electron chi connectivity index (χ0n) is 31.5. The summed E-state index contributed by atoms with van der Waals surface area (Å²) in [6, 6.07) is -2.00. The Bertz CT molecular complexity index is 1250. The van der Waals surface area contributed by atoms with Crippen LogP contribution >= 0.6 is 0 Å². The number of nitrogens with zero attached hydrogens (tertiary/aromatic N) is 1. The lowest BCUT2D eigenvalue weighted by Crippen LogP contribution is -2.63. The van der Waals surface area contributed by atoms with Gasteiger partial charge < -0.3 is 26.1 Å². The number of carbonyl (C=O) groups excluding carboxylic acids is 5. The number of Topliss-reactive ketones (excluding diaryl/α,β-unsaturated/α-hetero) is 1. The normalized spacial score (nSPS) is 21.4. The lowest BCUT2D eigenvalue weighted by atomic mass is 9.78. The van der Waals surface area contributed by atoms with Crippen LogP contribution in [0.4, 0.5) is 4.79 Å². The molecule has 0 radical (unpaired) electrons. The molecule has 0 bridgehead atoms. The van der Waals surface area contributed by atoms with Crippen LogP contribution in [0.5, 0.6) is 0 Å². The van der Waals surface area contributed by atoms with E-state index in [0.717, 1.165) is 70.6 Å². The Morgan fingerprint density at radius 2 is 1.60 bits per heavy atom. The van der Waals surface area contributed by atoms with E-state index in [1.54, 1.807) is 0 Å². The number of sulfone groups is 1. The third-order valence-electron chi connectivity index (χ3n) is 10.5. The van der Waals surface area contributed by atoms with Crippen LogP contribution in [0.15, 0.2) is 12.7 Å². The van der Waals surface area contributed by atoms with Crippen molar-refractivity contribution >= 4 is 39.8 Å². The van der Waals surface area contributed by atoms with Gasteiger partial charge in [0.05, 0.1) is 34.7 Å². The Kier molecular flexibility index (Phi) is 17.6. The third kappa shape index (κ3) is 12.8. The van der Waals surface area contributed by atoms with Crippen molar-refractivity contribution in [1.82, 2.24) is 26.2 Å². The van der Waals surface area contributed by atoms with E-state index in [1.165, 1.54) is 6.08 Å². The standard InChI is InChI=1S/C19H36N2O4S.C18H29N3O3/c1-6-13-26(24,25)16(7-2)19(11-9-8-10-12-19)21-17(23)20-15(14-22)18(3,4)5;1-3-10-19-18(24)16(22)14(12-13-7-4-5-8-13)20-17(23)15-9-6-11-21(15)2/h14-16H,6-13H2,1-5H3,(H2,20,21,23);3,13-15H,1,4-12H2,2H3,(H,19,24)(H,20,23). The van der Waals surface area contributed by atoms with E-state index in [-0.39, 0.29) is 24.2 Å². The highest BCUT2D eigenvalue weighted by Crippen LogP contribution is 2.36. The summed E-state index contributed by atoms with van der Waals surface area (Å²) in [6.45, 7) is 14.0. The molecule has 3 fully saturated rings. The summed E-state index contributed by atoms with van der Waals surface area (Å²) in [4.78, 5) is 63.1. The number of nitrogens with one attached hydrogen (secondary N) is 4. The van der Waals surface area contributed by atoms with Gasteiger partial charge in [0.1, 0.15) is 6.29 Å². The van der Waals surface area contributed by atoms with Crippen LogP contribution in [0.3, 0.4) is 0 Å². The topological polar surface area (TPSA) is 171 Å². The van der Waals surface area contributed by atoms with Crippen molar-refractivity contribution < 1.29 is 32.4 Å². The Hall–Kier alpha value is -2.80. The van der Waals surface area contributed by atoms with Crippen molar-refractivity contribution in [3.63, 3.8) is 0 Å². The molecular formula is C37H65N5O7S. The Labute approximate surface area is 301 Å². The van der Waals surface area contributed by atoms with Gasteiger partial charge in [-0.25, -0.2) is 13.2 Å². The van der Waals surface area contributed by atoms with E-state index in [9.17, 15) is 32.4 Å². The smallest absolute Gasteiger partial charge is 0.315 e. The molecule has 2 aliphatic carbocycles. The van der Waals surface area contributed by atoms with Crippen LogP contribution in [0.2, 0.25) is 0 Å². The molecule has 12 nitrogen and oxygen atoms in total. The minimum absolute atomic E-state index is 0.134. The first-order valence-electron chi connectivity index (χ1n) is 18.7. The van der Waals surface area contributed by atoms with Gasteiger partial charge in [-0.05, 0) is 69.9 Å². The molecule has 13 heteroatoms. The van der Waals surface area contributed by atoms with Gasteiger partial charge in [-0.1, -0.05) is 85.6 Å². The minimum Gasteiger partial charge on any atom is -0.346 e. The van der Waals surface area contributed by atoms with Gasteiger partial charge in [-0.2, -0.15) is 0 Å². The van der Waals surface area contributed by atoms with Gasteiger partial charge >= 0.3 is 6.03 Å². The molecule has 0 aromatic carbocycles. The van der Waals surface area contributed by atoms with Crippen LogP contribution in [0.1, 0.15) is 125 Å². The summed E-state index contributed by atoms with van der Waals surface area (Å²) < 4.78 is 25.7. The van der Waals surface area contributed by atoms with E-state index in [2.05, 4.69) is 27.8 Å². The zero-order valence-corrected chi connectivity index (χ0v) is 32.3. The fraction of sp³-hybridized carbons (Fsp3) is 0.811. The fourth-order valence-corrected chi connectivity index (χ4v) is 10.1. The average Bonchev–Trinajstić information content (AvgIpc) is 3.73. The molecule has 0 spiro atoms. The second-order valence-corrected chi connectivity index (χ2v) is 17.8. The molecule has 4 atom stereocenters. The highest BCUT2D eigenvalue weighted by molar-refractivity contribution is 7.92. The molecule has 2 saturated carbocycles. The van der Waals surface area contributed by atoms with Crippen molar-refractivity contribution in [2.45, 2.75) is 153 Å². The number of ketones is 1. The molecule has 1 heterocycles. The van der Waals surface area contributed by atoms with Gasteiger partial charge in [-0.15, -0.1) is 6.58 Å². The summed E-state index contributed by atoms with van der Waals surface area (Å²) in [5.41, 5.74) is -1.16. The molecule has 1 aliphatic heterocycles. The number of urea groups is 1. The molecule has 4 N–H and O–H groups in total. The van der Waals surface area contributed by atoms with E-state index in [0.29, 0.717) is 38.0 Å². The molecule has 4 amide bonds. The first-order valence-corrected chi connectivity index (χ1v) is 20.5. The molecule has 3 aliphatic rings. The quantitative estimate of drug-likeness (QED) is 0.104. The summed E-state index contributed by atoms with van der Waals surface area (Å²) in [6.07, 6.45) is 14.3. The number of rotatable bonds is 16. The van der Waals surface area contributed by atoms with E-state index in [4.69, 9.17) is 0 Å². The number of carbonyl (C=O) groups is 5. The zero-order chi connectivity index (χ0) is 37.5. The van der Waals surface area contributed by atoms with Crippen molar-refractivity contribution in [1.29, 1.82) is 0 Å². The van der Waals surface area contributed by atoms with Crippen LogP contribution in [-0.4, -0.2) is 98.0 Å². The molecule has 4 unspecified atom stereocenters. The predicted octanol–water partition coefficient (Wildman–Crippen LogP) is 4.22. The van der Waals surface area contributed by atoms with Gasteiger partial charge in [0.2, 0.25) is 11.7 Å². The summed E-state index contributed by atoms with van der Waals surface area (Å²) in [5.74, 6) is -0.776. The SMILES string of the molecule is C=CCNC(=O)C(=O)C(CC1CCCC1)NC(=O)C1CCCN1C.CCCS(=O)(=O)C(CC)C1(NC(=O)NC(C=O)C(C)(C)C)CCCCC1. The fourth-order valence-electron chi connectivity index (χ4n) is 7.71. The Morgan fingerprint density at radius 1 is 0.960 bits per heavy atom. The number of aldehydes is 1. The molecule has 286 valence electrons. The summed E-state index contributed by atoms with van der Waals surface area (Å²) >= 11 is 0. The van der Waals surface area contributed by atoms with E-state index < -0.39 is 55.8 Å². The average molecular weight is 724 g/mol. The number of amides is 4. The second-order valence-electron chi connectivity index (χ2n) is 15.5. The number of likely N-dealkylation sites (tertiary alicyclic amines) is 1. The number of hydrogen-bond donors (Lipinski definition) is 4. The first-order chi connectivity index (χ1) is 23.5. The molecule has 0 aromatic heterocycles. The van der Waals surface area contributed by atoms with Gasteiger partial charge in [-0.3, -0.25) is 19.3 Å². The summed E-state index contributed by atoms with van der Waals surface area (Å²) in [7, 11) is -1.38. The second kappa shape index (κ2) is 20.3. The highest BCUT2D eigenvalue weighted by Gasteiger charge is 2.46. The first kappa shape index (κ1) is 43.4. The molecular weight excluding hydrogens is 659 g/mol. The maximum atomic E-state index is 12.9. The van der Waals surface area contributed by atoms with Crippen LogP contribution < -0.4 is 21.3 Å². The number of hydrogen-bond acceptors (Lipinski definition) is 8. The van der Waals surface area contributed by atoms with Gasteiger partial charge in [0, 0.05) is 6.54 Å². The predicted molar refractivity (Wildman–Crippen MR) is 197 cm³/mol. The maximum absolute atomic E-state index is 12.9. The van der Waals surface area contributed by atoms with E-state index >= 15 is 0 Å². The third-order valence-corrected chi connectivity index (χ3v) is 13.1. The van der Waals surface area contributed by atoms with Crippen LogP contribution in [0, 0.1) is 11.3 Å². The van der Waals surface area contributed by atoms with Crippen LogP contribution in [0.25, 0.3) is 0 Å². The van der Waals surface area contributed by atoms with Crippen molar-refractivity contribution in [3.05, 3.63) is 12.7 Å². The Morgan fingerprint density at radius 3 is 2.10 bits per heavy atom. The van der Waals surface area contributed by atoms with Crippen molar-refractivity contribution in [3.8, 4) is 0 Å². The van der Waals surface area contributed by atoms with Crippen molar-refractivity contribution in [2.75, 3.05) is 25.9 Å². The Balaban J connectivity index is 0.000000348.